The molecule has 140 valence electrons. The summed E-state index contributed by atoms with van der Waals surface area (Å²) in [6.45, 7) is 5.88. The van der Waals surface area contributed by atoms with Gasteiger partial charge < -0.3 is 18.8 Å². The molecule has 2 aliphatic rings. The average molecular weight is 357 g/mol. The van der Waals surface area contributed by atoms with Crippen LogP contribution in [0.15, 0.2) is 22.8 Å². The van der Waals surface area contributed by atoms with Crippen molar-refractivity contribution < 1.29 is 14.0 Å². The van der Waals surface area contributed by atoms with E-state index in [4.69, 9.17) is 4.42 Å². The highest BCUT2D eigenvalue weighted by Gasteiger charge is 2.32. The van der Waals surface area contributed by atoms with Crippen molar-refractivity contribution >= 4 is 22.9 Å². The van der Waals surface area contributed by atoms with Gasteiger partial charge in [0.1, 0.15) is 5.69 Å². The Hall–Kier alpha value is -2.24. The number of carbonyl (C=O) groups excluding carboxylic acids is 2. The Balaban J connectivity index is 1.41. The van der Waals surface area contributed by atoms with Crippen LogP contribution in [0.2, 0.25) is 0 Å². The zero-order valence-corrected chi connectivity index (χ0v) is 15.4. The SMILES string of the molecule is CCn1c(C(=O)N2CCC(C(=O)N3CCCCC3)CC2)cc2occc21. The molecule has 0 unspecified atom stereocenters. The molecule has 6 nitrogen and oxygen atoms in total. The fourth-order valence-corrected chi connectivity index (χ4v) is 4.36. The van der Waals surface area contributed by atoms with Crippen molar-refractivity contribution in [1.82, 2.24) is 14.4 Å². The van der Waals surface area contributed by atoms with Crippen LogP contribution in [-0.4, -0.2) is 52.4 Å². The number of aryl methyl sites for hydroxylation is 1. The summed E-state index contributed by atoms with van der Waals surface area (Å²) in [5.41, 5.74) is 2.40. The first-order chi connectivity index (χ1) is 12.7. The summed E-state index contributed by atoms with van der Waals surface area (Å²) in [4.78, 5) is 29.6. The maximum Gasteiger partial charge on any atom is 0.270 e. The standard InChI is InChI=1S/C20H27N3O3/c1-2-23-16-8-13-26-18(16)14-17(23)20(25)22-11-6-15(7-12-22)19(24)21-9-4-3-5-10-21/h8,13-15H,2-7,9-12H2,1H3. The van der Waals surface area contributed by atoms with Crippen molar-refractivity contribution in [1.29, 1.82) is 0 Å². The van der Waals surface area contributed by atoms with Crippen molar-refractivity contribution in [2.75, 3.05) is 26.2 Å². The van der Waals surface area contributed by atoms with Crippen molar-refractivity contribution in [2.45, 2.75) is 45.6 Å². The predicted octanol–water partition coefficient (Wildman–Crippen LogP) is 3.12. The van der Waals surface area contributed by atoms with Crippen LogP contribution >= 0.6 is 0 Å². The molecule has 0 radical (unpaired) electrons. The minimum Gasteiger partial charge on any atom is -0.463 e. The van der Waals surface area contributed by atoms with E-state index in [2.05, 4.69) is 0 Å². The summed E-state index contributed by atoms with van der Waals surface area (Å²) in [5.74, 6) is 0.416. The third-order valence-electron chi connectivity index (χ3n) is 5.86. The Morgan fingerprint density at radius 2 is 1.81 bits per heavy atom. The van der Waals surface area contributed by atoms with Gasteiger partial charge in [0.05, 0.1) is 11.8 Å². The lowest BCUT2D eigenvalue weighted by Gasteiger charge is -2.35. The molecule has 2 fully saturated rings. The minimum absolute atomic E-state index is 0.0436. The van der Waals surface area contributed by atoms with Crippen molar-refractivity contribution in [2.24, 2.45) is 5.92 Å². The van der Waals surface area contributed by atoms with Crippen LogP contribution in [0.3, 0.4) is 0 Å². The van der Waals surface area contributed by atoms with E-state index in [9.17, 15) is 9.59 Å². The fourth-order valence-electron chi connectivity index (χ4n) is 4.36. The third-order valence-corrected chi connectivity index (χ3v) is 5.86. The van der Waals surface area contributed by atoms with Gasteiger partial charge in [-0.3, -0.25) is 9.59 Å². The molecular formula is C20H27N3O3. The smallest absolute Gasteiger partial charge is 0.270 e. The maximum absolute atomic E-state index is 13.0. The van der Waals surface area contributed by atoms with Gasteiger partial charge in [0.2, 0.25) is 5.91 Å². The molecule has 0 aromatic carbocycles. The Kier molecular flexibility index (Phi) is 4.74. The first-order valence-electron chi connectivity index (χ1n) is 9.84. The van der Waals surface area contributed by atoms with Gasteiger partial charge in [-0.15, -0.1) is 0 Å². The first-order valence-corrected chi connectivity index (χ1v) is 9.84. The molecule has 2 saturated heterocycles. The van der Waals surface area contributed by atoms with E-state index >= 15 is 0 Å². The monoisotopic (exact) mass is 357 g/mol. The molecule has 6 heteroatoms. The summed E-state index contributed by atoms with van der Waals surface area (Å²) in [5, 5.41) is 0. The zero-order valence-electron chi connectivity index (χ0n) is 15.4. The normalized spacial score (nSPS) is 19.3. The predicted molar refractivity (Wildman–Crippen MR) is 98.9 cm³/mol. The number of piperidine rings is 2. The van der Waals surface area contributed by atoms with Crippen LogP contribution in [0.1, 0.15) is 49.5 Å². The number of carbonyl (C=O) groups is 2. The average Bonchev–Trinajstić information content (AvgIpc) is 3.28. The highest BCUT2D eigenvalue weighted by atomic mass is 16.3. The Morgan fingerprint density at radius 3 is 2.50 bits per heavy atom. The topological polar surface area (TPSA) is 58.7 Å². The largest absolute Gasteiger partial charge is 0.463 e. The van der Waals surface area contributed by atoms with Crippen LogP contribution in [-0.2, 0) is 11.3 Å². The summed E-state index contributed by atoms with van der Waals surface area (Å²) in [6.07, 6.45) is 6.67. The lowest BCUT2D eigenvalue weighted by Crippen LogP contribution is -2.46. The van der Waals surface area contributed by atoms with E-state index in [1.165, 1.54) is 6.42 Å². The number of hydrogen-bond acceptors (Lipinski definition) is 3. The zero-order chi connectivity index (χ0) is 18.1. The van der Waals surface area contributed by atoms with Gasteiger partial charge in [-0.05, 0) is 39.0 Å². The molecular weight excluding hydrogens is 330 g/mol. The maximum atomic E-state index is 13.0. The molecule has 2 amide bonds. The fraction of sp³-hybridized carbons (Fsp3) is 0.600. The summed E-state index contributed by atoms with van der Waals surface area (Å²) in [7, 11) is 0. The highest BCUT2D eigenvalue weighted by molar-refractivity contribution is 5.97. The van der Waals surface area contributed by atoms with Gasteiger partial charge >= 0.3 is 0 Å². The van der Waals surface area contributed by atoms with Gasteiger partial charge in [0, 0.05) is 50.8 Å². The molecule has 2 aromatic rings. The lowest BCUT2D eigenvalue weighted by molar-refractivity contribution is -0.137. The number of furan rings is 1. The molecule has 2 aliphatic heterocycles. The van der Waals surface area contributed by atoms with E-state index in [1.807, 2.05) is 33.4 Å². The van der Waals surface area contributed by atoms with Gasteiger partial charge in [0.25, 0.3) is 5.91 Å². The molecule has 4 rings (SSSR count). The van der Waals surface area contributed by atoms with E-state index in [0.29, 0.717) is 24.7 Å². The van der Waals surface area contributed by atoms with E-state index in [-0.39, 0.29) is 11.8 Å². The van der Waals surface area contributed by atoms with Gasteiger partial charge in [-0.1, -0.05) is 0 Å². The first kappa shape index (κ1) is 17.2. The number of nitrogens with zero attached hydrogens (tertiary/aromatic N) is 3. The lowest BCUT2D eigenvalue weighted by atomic mass is 9.94. The molecule has 0 spiro atoms. The van der Waals surface area contributed by atoms with Gasteiger partial charge in [-0.25, -0.2) is 0 Å². The molecule has 4 heterocycles. The Labute approximate surface area is 153 Å². The summed E-state index contributed by atoms with van der Waals surface area (Å²) >= 11 is 0. The number of likely N-dealkylation sites (tertiary alicyclic amines) is 2. The highest BCUT2D eigenvalue weighted by Crippen LogP contribution is 2.26. The second-order valence-corrected chi connectivity index (χ2v) is 7.40. The Bertz CT molecular complexity index is 792. The Morgan fingerprint density at radius 1 is 1.08 bits per heavy atom. The number of rotatable bonds is 3. The van der Waals surface area contributed by atoms with Crippen LogP contribution in [0.5, 0.6) is 0 Å². The van der Waals surface area contributed by atoms with Crippen molar-refractivity contribution in [3.63, 3.8) is 0 Å². The van der Waals surface area contributed by atoms with Crippen LogP contribution in [0, 0.1) is 5.92 Å². The molecule has 2 aromatic heterocycles. The second-order valence-electron chi connectivity index (χ2n) is 7.40. The van der Waals surface area contributed by atoms with E-state index in [0.717, 1.165) is 56.4 Å². The molecule has 0 saturated carbocycles. The number of amides is 2. The molecule has 0 atom stereocenters. The summed E-state index contributed by atoms with van der Waals surface area (Å²) in [6, 6.07) is 3.74. The molecule has 0 aliphatic carbocycles. The quantitative estimate of drug-likeness (QED) is 0.848. The van der Waals surface area contributed by atoms with E-state index in [1.54, 1.807) is 6.26 Å². The van der Waals surface area contributed by atoms with Crippen molar-refractivity contribution in [3.8, 4) is 0 Å². The number of hydrogen-bond donors (Lipinski definition) is 0. The summed E-state index contributed by atoms with van der Waals surface area (Å²) < 4.78 is 7.46. The van der Waals surface area contributed by atoms with Crippen LogP contribution < -0.4 is 0 Å². The van der Waals surface area contributed by atoms with Crippen LogP contribution in [0.4, 0.5) is 0 Å². The molecule has 0 N–H and O–H groups in total. The van der Waals surface area contributed by atoms with E-state index < -0.39 is 0 Å². The number of fused-ring (bicyclic) bond motifs is 1. The molecule has 26 heavy (non-hydrogen) atoms. The van der Waals surface area contributed by atoms with Crippen LogP contribution in [0.25, 0.3) is 11.1 Å². The number of aromatic nitrogens is 1. The second kappa shape index (κ2) is 7.17. The third kappa shape index (κ3) is 3.02. The van der Waals surface area contributed by atoms with Gasteiger partial charge in [-0.2, -0.15) is 0 Å². The minimum atomic E-state index is 0.0436. The molecule has 0 bridgehead atoms. The van der Waals surface area contributed by atoms with Crippen molar-refractivity contribution in [3.05, 3.63) is 24.1 Å². The van der Waals surface area contributed by atoms with Gasteiger partial charge in [0.15, 0.2) is 5.58 Å².